The van der Waals surface area contributed by atoms with Crippen LogP contribution in [0.2, 0.25) is 5.02 Å². The summed E-state index contributed by atoms with van der Waals surface area (Å²) in [6.07, 6.45) is 0.578. The van der Waals surface area contributed by atoms with Crippen molar-refractivity contribution in [2.75, 3.05) is 18.8 Å². The van der Waals surface area contributed by atoms with E-state index in [1.165, 1.54) is 4.90 Å². The summed E-state index contributed by atoms with van der Waals surface area (Å²) in [4.78, 5) is 14.6. The van der Waals surface area contributed by atoms with Gasteiger partial charge in [0.15, 0.2) is 0 Å². The average Bonchev–Trinajstić information content (AvgIpc) is 2.60. The van der Waals surface area contributed by atoms with Gasteiger partial charge in [-0.3, -0.25) is 4.79 Å². The zero-order valence-electron chi connectivity index (χ0n) is 9.30. The van der Waals surface area contributed by atoms with E-state index in [4.69, 9.17) is 11.6 Å². The Morgan fingerprint density at radius 2 is 2.12 bits per heavy atom. The third kappa shape index (κ3) is 3.83. The molecule has 1 saturated heterocycles. The maximum atomic E-state index is 11.5. The molecule has 1 unspecified atom stereocenters. The summed E-state index contributed by atoms with van der Waals surface area (Å²) < 4.78 is 0. The van der Waals surface area contributed by atoms with Gasteiger partial charge in [-0.15, -0.1) is 11.8 Å². The Hall–Kier alpha value is -0.320. The Kier molecular flexibility index (Phi) is 4.65. The molecule has 1 aliphatic heterocycles. The van der Waals surface area contributed by atoms with E-state index < -0.39 is 0 Å². The molecule has 92 valence electrons. The van der Waals surface area contributed by atoms with Crippen LogP contribution in [0.25, 0.3) is 0 Å². The first-order valence-corrected chi connectivity index (χ1v) is 7.37. The molecule has 2 nitrogen and oxygen atoms in total. The minimum absolute atomic E-state index is 0.211. The zero-order valence-corrected chi connectivity index (χ0v) is 11.8. The lowest BCUT2D eigenvalue weighted by atomic mass is 10.4. The van der Waals surface area contributed by atoms with Gasteiger partial charge in [0.25, 0.3) is 0 Å². The van der Waals surface area contributed by atoms with E-state index in [0.29, 0.717) is 6.42 Å². The number of thiol groups is 1. The van der Waals surface area contributed by atoms with E-state index in [9.17, 15) is 4.79 Å². The fourth-order valence-corrected chi connectivity index (χ4v) is 3.13. The van der Waals surface area contributed by atoms with E-state index in [1.807, 2.05) is 29.2 Å². The number of halogens is 1. The summed E-state index contributed by atoms with van der Waals surface area (Å²) >= 11 is 11.9. The largest absolute Gasteiger partial charge is 0.341 e. The number of hydrogen-bond donors (Lipinski definition) is 1. The van der Waals surface area contributed by atoms with Crippen molar-refractivity contribution in [1.82, 2.24) is 4.90 Å². The summed E-state index contributed by atoms with van der Waals surface area (Å²) in [6.45, 7) is 1.58. The van der Waals surface area contributed by atoms with Crippen LogP contribution in [0.15, 0.2) is 29.2 Å². The van der Waals surface area contributed by atoms with Crippen molar-refractivity contribution in [2.45, 2.75) is 16.6 Å². The minimum atomic E-state index is 0.211. The first-order valence-electron chi connectivity index (χ1n) is 5.49. The molecule has 1 aromatic rings. The van der Waals surface area contributed by atoms with Crippen LogP contribution < -0.4 is 0 Å². The maximum absolute atomic E-state index is 11.5. The minimum Gasteiger partial charge on any atom is -0.341 e. The Morgan fingerprint density at radius 1 is 1.41 bits per heavy atom. The molecule has 0 N–H and O–H groups in total. The summed E-state index contributed by atoms with van der Waals surface area (Å²) in [6, 6.07) is 7.77. The average molecular weight is 288 g/mol. The summed E-state index contributed by atoms with van der Waals surface area (Å²) in [7, 11) is 0. The van der Waals surface area contributed by atoms with E-state index >= 15 is 0 Å². The lowest BCUT2D eigenvalue weighted by Crippen LogP contribution is -2.27. The van der Waals surface area contributed by atoms with Gasteiger partial charge >= 0.3 is 0 Å². The van der Waals surface area contributed by atoms with Crippen molar-refractivity contribution in [3.63, 3.8) is 0 Å². The third-order valence-corrected chi connectivity index (χ3v) is 4.23. The van der Waals surface area contributed by atoms with Gasteiger partial charge in [-0.25, -0.2) is 0 Å². The van der Waals surface area contributed by atoms with Crippen LogP contribution >= 0.6 is 36.0 Å². The second kappa shape index (κ2) is 6.03. The quantitative estimate of drug-likeness (QED) is 0.679. The number of rotatable bonds is 4. The van der Waals surface area contributed by atoms with Gasteiger partial charge in [0.05, 0.1) is 0 Å². The molecule has 0 bridgehead atoms. The van der Waals surface area contributed by atoms with Crippen molar-refractivity contribution in [1.29, 1.82) is 0 Å². The van der Waals surface area contributed by atoms with Crippen molar-refractivity contribution >= 4 is 41.9 Å². The van der Waals surface area contributed by atoms with Crippen molar-refractivity contribution < 1.29 is 4.79 Å². The Balaban J connectivity index is 1.76. The van der Waals surface area contributed by atoms with Gasteiger partial charge in [-0.05, 0) is 24.3 Å². The molecule has 1 aromatic carbocycles. The van der Waals surface area contributed by atoms with Gasteiger partial charge in [-0.1, -0.05) is 11.6 Å². The molecule has 1 aliphatic rings. The van der Waals surface area contributed by atoms with Crippen molar-refractivity contribution in [2.24, 2.45) is 0 Å². The Morgan fingerprint density at radius 3 is 2.71 bits per heavy atom. The standard InChI is InChI=1S/C12H14ClNOS2/c13-9-1-3-11(4-2-9)17-6-5-14-8-10(16)7-12(14)15/h1-4,10,16H,5-8H2. The lowest BCUT2D eigenvalue weighted by molar-refractivity contribution is -0.127. The van der Waals surface area contributed by atoms with Crippen LogP contribution in [0.1, 0.15) is 6.42 Å². The van der Waals surface area contributed by atoms with Gasteiger partial charge in [0.1, 0.15) is 0 Å². The second-order valence-electron chi connectivity index (χ2n) is 4.00. The fraction of sp³-hybridized carbons (Fsp3) is 0.417. The summed E-state index contributed by atoms with van der Waals surface area (Å²) in [5.74, 6) is 1.13. The molecule has 0 aliphatic carbocycles. The first-order chi connectivity index (χ1) is 8.15. The number of nitrogens with zero attached hydrogens (tertiary/aromatic N) is 1. The fourth-order valence-electron chi connectivity index (χ4n) is 1.77. The number of benzene rings is 1. The van der Waals surface area contributed by atoms with Gasteiger partial charge in [0.2, 0.25) is 5.91 Å². The third-order valence-electron chi connectivity index (χ3n) is 2.64. The molecule has 0 spiro atoms. The van der Waals surface area contributed by atoms with Crippen LogP contribution in [-0.4, -0.2) is 34.9 Å². The highest BCUT2D eigenvalue weighted by Gasteiger charge is 2.26. The van der Waals surface area contributed by atoms with Gasteiger partial charge in [0, 0.05) is 40.4 Å². The Bertz CT molecular complexity index is 396. The van der Waals surface area contributed by atoms with Gasteiger partial charge < -0.3 is 4.90 Å². The van der Waals surface area contributed by atoms with E-state index in [1.54, 1.807) is 11.8 Å². The highest BCUT2D eigenvalue weighted by molar-refractivity contribution is 7.99. The van der Waals surface area contributed by atoms with Crippen LogP contribution in [0.5, 0.6) is 0 Å². The van der Waals surface area contributed by atoms with Crippen LogP contribution in [-0.2, 0) is 4.79 Å². The molecular weight excluding hydrogens is 274 g/mol. The van der Waals surface area contributed by atoms with Crippen LogP contribution in [0.3, 0.4) is 0 Å². The molecule has 2 rings (SSSR count). The number of thioether (sulfide) groups is 1. The number of carbonyl (C=O) groups excluding carboxylic acids is 1. The van der Waals surface area contributed by atoms with Crippen LogP contribution in [0.4, 0.5) is 0 Å². The number of hydrogen-bond acceptors (Lipinski definition) is 3. The highest BCUT2D eigenvalue weighted by atomic mass is 35.5. The van der Waals surface area contributed by atoms with Gasteiger partial charge in [-0.2, -0.15) is 12.6 Å². The normalized spacial score (nSPS) is 20.0. The van der Waals surface area contributed by atoms with Crippen LogP contribution in [0, 0.1) is 0 Å². The second-order valence-corrected chi connectivity index (χ2v) is 6.34. The summed E-state index contributed by atoms with van der Waals surface area (Å²) in [5, 5.41) is 0.963. The zero-order chi connectivity index (χ0) is 12.3. The molecule has 17 heavy (non-hydrogen) atoms. The van der Waals surface area contributed by atoms with E-state index in [2.05, 4.69) is 12.6 Å². The molecule has 1 heterocycles. The molecule has 1 amide bonds. The molecule has 0 saturated carbocycles. The molecular formula is C12H14ClNOS2. The van der Waals surface area contributed by atoms with E-state index in [-0.39, 0.29) is 11.2 Å². The predicted octanol–water partition coefficient (Wildman–Crippen LogP) is 2.96. The predicted molar refractivity (Wildman–Crippen MR) is 76.1 cm³/mol. The molecule has 5 heteroatoms. The topological polar surface area (TPSA) is 20.3 Å². The highest BCUT2D eigenvalue weighted by Crippen LogP contribution is 2.22. The van der Waals surface area contributed by atoms with Crippen molar-refractivity contribution in [3.05, 3.63) is 29.3 Å². The Labute approximate surface area is 116 Å². The monoisotopic (exact) mass is 287 g/mol. The smallest absolute Gasteiger partial charge is 0.223 e. The SMILES string of the molecule is O=C1CC(S)CN1CCSc1ccc(Cl)cc1. The molecule has 1 atom stereocenters. The molecule has 0 radical (unpaired) electrons. The maximum Gasteiger partial charge on any atom is 0.223 e. The van der Waals surface area contributed by atoms with E-state index in [0.717, 1.165) is 23.9 Å². The first kappa shape index (κ1) is 13.1. The van der Waals surface area contributed by atoms with Crippen molar-refractivity contribution in [3.8, 4) is 0 Å². The number of likely N-dealkylation sites (tertiary alicyclic amines) is 1. The number of carbonyl (C=O) groups is 1. The molecule has 0 aromatic heterocycles. The molecule has 1 fully saturated rings. The number of amides is 1. The lowest BCUT2D eigenvalue weighted by Gasteiger charge is -2.15. The summed E-state index contributed by atoms with van der Waals surface area (Å²) in [5.41, 5.74) is 0.